The van der Waals surface area contributed by atoms with Crippen molar-refractivity contribution < 1.29 is 23.1 Å². The van der Waals surface area contributed by atoms with Crippen LogP contribution in [-0.2, 0) is 18.3 Å². The molecule has 0 fully saturated rings. The molecule has 0 radical (unpaired) electrons. The van der Waals surface area contributed by atoms with Crippen LogP contribution >= 0.6 is 7.60 Å². The maximum absolute atomic E-state index is 12.2. The highest BCUT2D eigenvalue weighted by atomic mass is 31.2. The second-order valence-corrected chi connectivity index (χ2v) is 5.70. The number of hydrogen-bond donors (Lipinski definition) is 0. The summed E-state index contributed by atoms with van der Waals surface area (Å²) >= 11 is 0. The van der Waals surface area contributed by atoms with Gasteiger partial charge in [0.05, 0.1) is 25.9 Å². The zero-order valence-corrected chi connectivity index (χ0v) is 12.8. The van der Waals surface area contributed by atoms with Gasteiger partial charge in [0, 0.05) is 5.82 Å². The topological polar surface area (TPSA) is 61.8 Å². The maximum atomic E-state index is 12.2. The Morgan fingerprint density at radius 2 is 1.70 bits per heavy atom. The van der Waals surface area contributed by atoms with Crippen LogP contribution in [0.15, 0.2) is 30.1 Å². The normalized spacial score (nSPS) is 11.8. The Labute approximate surface area is 119 Å². The van der Waals surface area contributed by atoms with Gasteiger partial charge in [-0.3, -0.25) is 4.57 Å². The summed E-state index contributed by atoms with van der Waals surface area (Å²) in [5, 5.41) is 0. The summed E-state index contributed by atoms with van der Waals surface area (Å²) in [7, 11) is -1.86. The van der Waals surface area contributed by atoms with E-state index in [0.717, 1.165) is 5.56 Å². The Morgan fingerprint density at radius 1 is 1.15 bits per heavy atom. The molecule has 20 heavy (non-hydrogen) atoms. The molecule has 0 aliphatic rings. The van der Waals surface area contributed by atoms with Crippen LogP contribution < -0.4 is 0 Å². The lowest BCUT2D eigenvalue weighted by Gasteiger charge is -2.12. The van der Waals surface area contributed by atoms with Crippen LogP contribution in [0.5, 0.6) is 0 Å². The second-order valence-electron chi connectivity index (χ2n) is 3.80. The Hall–Kier alpha value is -1.42. The van der Waals surface area contributed by atoms with E-state index < -0.39 is 13.6 Å². The zero-order valence-electron chi connectivity index (χ0n) is 11.9. The number of hydrogen-bond acceptors (Lipinski definition) is 5. The lowest BCUT2D eigenvalue weighted by Crippen LogP contribution is -2.00. The highest BCUT2D eigenvalue weighted by Gasteiger charge is 2.18. The van der Waals surface area contributed by atoms with Gasteiger partial charge in [0.2, 0.25) is 0 Å². The smallest absolute Gasteiger partial charge is 0.354 e. The molecule has 5 nitrogen and oxygen atoms in total. The third kappa shape index (κ3) is 4.93. The summed E-state index contributed by atoms with van der Waals surface area (Å²) in [6.07, 6.45) is 1.65. The average Bonchev–Trinajstić information content (AvgIpc) is 2.45. The fraction of sp³-hybridized carbons (Fsp3) is 0.357. The molecule has 0 aliphatic carbocycles. The Bertz CT molecular complexity index is 497. The largest absolute Gasteiger partial charge is 0.465 e. The van der Waals surface area contributed by atoms with Crippen LogP contribution in [0, 0.1) is 0 Å². The van der Waals surface area contributed by atoms with Crippen LogP contribution in [0.2, 0.25) is 0 Å². The third-order valence-corrected chi connectivity index (χ3v) is 4.15. The average molecular weight is 298 g/mol. The van der Waals surface area contributed by atoms with Crippen molar-refractivity contribution in [1.82, 2.24) is 0 Å². The summed E-state index contributed by atoms with van der Waals surface area (Å²) < 4.78 is 27.1. The van der Waals surface area contributed by atoms with E-state index >= 15 is 0 Å². The minimum absolute atomic E-state index is 0.308. The first-order chi connectivity index (χ1) is 9.54. The van der Waals surface area contributed by atoms with E-state index in [9.17, 15) is 9.36 Å². The van der Waals surface area contributed by atoms with Gasteiger partial charge in [-0.05, 0) is 37.6 Å². The first kappa shape index (κ1) is 16.6. The fourth-order valence-electron chi connectivity index (χ4n) is 1.51. The lowest BCUT2D eigenvalue weighted by molar-refractivity contribution is 0.0600. The molecule has 0 bridgehead atoms. The van der Waals surface area contributed by atoms with Gasteiger partial charge in [0.25, 0.3) is 0 Å². The molecule has 0 N–H and O–H groups in total. The van der Waals surface area contributed by atoms with Gasteiger partial charge in [-0.25, -0.2) is 4.79 Å². The van der Waals surface area contributed by atoms with Crippen LogP contribution in [0.4, 0.5) is 0 Å². The van der Waals surface area contributed by atoms with E-state index in [2.05, 4.69) is 4.74 Å². The molecular formula is C14H19O5P. The van der Waals surface area contributed by atoms with Crippen molar-refractivity contribution in [2.45, 2.75) is 13.8 Å². The molecular weight excluding hydrogens is 279 g/mol. The van der Waals surface area contributed by atoms with Gasteiger partial charge in [-0.2, -0.15) is 0 Å². The lowest BCUT2D eigenvalue weighted by atomic mass is 10.1. The molecule has 1 rings (SSSR count). The molecule has 0 heterocycles. The van der Waals surface area contributed by atoms with Gasteiger partial charge in [0.15, 0.2) is 0 Å². The number of carbonyl (C=O) groups is 1. The molecule has 0 saturated heterocycles. The van der Waals surface area contributed by atoms with Gasteiger partial charge < -0.3 is 13.8 Å². The van der Waals surface area contributed by atoms with Crippen molar-refractivity contribution in [2.75, 3.05) is 20.3 Å². The van der Waals surface area contributed by atoms with Crippen molar-refractivity contribution >= 4 is 19.6 Å². The fourth-order valence-corrected chi connectivity index (χ4v) is 2.83. The summed E-state index contributed by atoms with van der Waals surface area (Å²) in [6.45, 7) is 4.13. The maximum Gasteiger partial charge on any atom is 0.354 e. The molecule has 0 unspecified atom stereocenters. The first-order valence-electron chi connectivity index (χ1n) is 6.31. The van der Waals surface area contributed by atoms with Crippen molar-refractivity contribution in [2.24, 2.45) is 0 Å². The van der Waals surface area contributed by atoms with Crippen LogP contribution in [-0.4, -0.2) is 26.3 Å². The molecule has 1 aromatic carbocycles. The van der Waals surface area contributed by atoms with Crippen LogP contribution in [0.3, 0.4) is 0 Å². The number of carbonyl (C=O) groups excluding carboxylic acids is 1. The Balaban J connectivity index is 2.83. The number of rotatable bonds is 7. The number of benzene rings is 1. The van der Waals surface area contributed by atoms with Crippen LogP contribution in [0.1, 0.15) is 29.8 Å². The molecule has 1 aromatic rings. The SMILES string of the molecule is CCOP(=O)(/C=C/c1ccc(C(=O)OC)cc1)OCC. The first-order valence-corrected chi connectivity index (χ1v) is 7.92. The van der Waals surface area contributed by atoms with Gasteiger partial charge in [0.1, 0.15) is 0 Å². The molecule has 0 atom stereocenters. The van der Waals surface area contributed by atoms with Crippen molar-refractivity contribution in [3.63, 3.8) is 0 Å². The number of ether oxygens (including phenoxy) is 1. The molecule has 0 spiro atoms. The van der Waals surface area contributed by atoms with Gasteiger partial charge in [-0.15, -0.1) is 0 Å². The standard InChI is InChI=1S/C14H19O5P/c1-4-18-20(16,19-5-2)11-10-12-6-8-13(9-7-12)14(15)17-3/h6-11H,4-5H2,1-3H3/b11-10+. The van der Waals surface area contributed by atoms with E-state index in [0.29, 0.717) is 18.8 Å². The van der Waals surface area contributed by atoms with Crippen molar-refractivity contribution in [3.8, 4) is 0 Å². The van der Waals surface area contributed by atoms with Crippen molar-refractivity contribution in [3.05, 3.63) is 41.2 Å². The van der Waals surface area contributed by atoms with Crippen molar-refractivity contribution in [1.29, 1.82) is 0 Å². The summed E-state index contributed by atoms with van der Waals surface area (Å²) in [5.74, 6) is 1.03. The van der Waals surface area contributed by atoms with Crippen LogP contribution in [0.25, 0.3) is 6.08 Å². The summed E-state index contributed by atoms with van der Waals surface area (Å²) in [6, 6.07) is 6.73. The molecule has 0 aromatic heterocycles. The van der Waals surface area contributed by atoms with E-state index in [1.54, 1.807) is 44.2 Å². The van der Waals surface area contributed by atoms with E-state index in [4.69, 9.17) is 9.05 Å². The quantitative estimate of drug-likeness (QED) is 0.567. The number of esters is 1. The highest BCUT2D eigenvalue weighted by molar-refractivity contribution is 7.57. The Kier molecular flexibility index (Phi) is 6.65. The van der Waals surface area contributed by atoms with E-state index in [1.807, 2.05) is 0 Å². The van der Waals surface area contributed by atoms with Gasteiger partial charge >= 0.3 is 13.6 Å². The molecule has 110 valence electrons. The predicted octanol–water partition coefficient (Wildman–Crippen LogP) is 3.71. The number of methoxy groups -OCH3 is 1. The minimum Gasteiger partial charge on any atom is -0.465 e. The molecule has 0 amide bonds. The summed E-state index contributed by atoms with van der Waals surface area (Å²) in [4.78, 5) is 11.3. The highest BCUT2D eigenvalue weighted by Crippen LogP contribution is 2.50. The monoisotopic (exact) mass is 298 g/mol. The third-order valence-electron chi connectivity index (χ3n) is 2.40. The second kappa shape index (κ2) is 8.00. The molecule has 0 aliphatic heterocycles. The van der Waals surface area contributed by atoms with E-state index in [-0.39, 0.29) is 0 Å². The van der Waals surface area contributed by atoms with E-state index in [1.165, 1.54) is 12.9 Å². The summed E-state index contributed by atoms with van der Waals surface area (Å²) in [5.41, 5.74) is 1.25. The Morgan fingerprint density at radius 3 is 2.15 bits per heavy atom. The molecule has 0 saturated carbocycles. The predicted molar refractivity (Wildman–Crippen MR) is 77.7 cm³/mol. The zero-order chi connectivity index (χ0) is 15.0. The van der Waals surface area contributed by atoms with Gasteiger partial charge in [-0.1, -0.05) is 12.1 Å². The molecule has 6 heteroatoms. The minimum atomic E-state index is -3.19.